The van der Waals surface area contributed by atoms with Crippen molar-refractivity contribution in [3.05, 3.63) is 89.0 Å². The van der Waals surface area contributed by atoms with Crippen LogP contribution in [0.4, 0.5) is 11.6 Å². The summed E-state index contributed by atoms with van der Waals surface area (Å²) in [6.07, 6.45) is 6.96. The smallest absolute Gasteiger partial charge is 0.244 e. The summed E-state index contributed by atoms with van der Waals surface area (Å²) in [4.78, 5) is 32.6. The molecule has 0 unspecified atom stereocenters. The zero-order chi connectivity index (χ0) is 26.5. The third-order valence-electron chi connectivity index (χ3n) is 5.20. The third kappa shape index (κ3) is 9.42. The number of benzene rings is 2. The zero-order valence-corrected chi connectivity index (χ0v) is 21.7. The Morgan fingerprint density at radius 2 is 1.46 bits per heavy atom. The highest BCUT2D eigenvalue weighted by molar-refractivity contribution is 6.30. The van der Waals surface area contributed by atoms with Crippen molar-refractivity contribution in [2.75, 3.05) is 36.8 Å². The Kier molecular flexibility index (Phi) is 10.7. The molecule has 3 aromatic rings. The van der Waals surface area contributed by atoms with E-state index in [1.165, 1.54) is 13.0 Å². The van der Waals surface area contributed by atoms with Crippen LogP contribution in [0.2, 0.25) is 5.02 Å². The van der Waals surface area contributed by atoms with E-state index >= 15 is 0 Å². The van der Waals surface area contributed by atoms with E-state index in [0.717, 1.165) is 16.7 Å². The Morgan fingerprint density at radius 3 is 2.08 bits per heavy atom. The molecule has 0 atom stereocenters. The second kappa shape index (κ2) is 14.4. The number of carbonyl (C=O) groups excluding carboxylic acids is 2. The molecule has 3 rings (SSSR count). The van der Waals surface area contributed by atoms with Gasteiger partial charge in [-0.2, -0.15) is 0 Å². The minimum atomic E-state index is -0.180. The average Bonchev–Trinajstić information content (AvgIpc) is 2.89. The summed E-state index contributed by atoms with van der Waals surface area (Å²) in [6, 6.07) is 17.2. The standard InChI is InChI=1S/C28H31ClN6O2/c1-20-26(32-18-16-30-21(2)36)34-28(23-12-14-24(29)15-13-23)35-27(20)33-19-17-31-25(37)11-7-6-10-22-8-4-3-5-9-22/h3-15H,16-19H2,1-2H3,(H,30,36)(H,31,37)(H2,32,33,34,35). The van der Waals surface area contributed by atoms with E-state index in [1.807, 2.05) is 61.5 Å². The van der Waals surface area contributed by atoms with Crippen LogP contribution in [-0.4, -0.2) is 48.0 Å². The van der Waals surface area contributed by atoms with E-state index in [-0.39, 0.29) is 11.8 Å². The molecule has 0 saturated carbocycles. The number of hydrogen-bond acceptors (Lipinski definition) is 6. The Balaban J connectivity index is 1.59. The van der Waals surface area contributed by atoms with Crippen molar-refractivity contribution in [1.82, 2.24) is 20.6 Å². The summed E-state index contributed by atoms with van der Waals surface area (Å²) in [5.41, 5.74) is 2.72. The predicted octanol–water partition coefficient (Wildman–Crippen LogP) is 4.45. The molecule has 1 heterocycles. The van der Waals surface area contributed by atoms with Crippen LogP contribution in [-0.2, 0) is 9.59 Å². The van der Waals surface area contributed by atoms with Gasteiger partial charge in [0.15, 0.2) is 5.82 Å². The van der Waals surface area contributed by atoms with Crippen LogP contribution in [0.15, 0.2) is 72.8 Å². The maximum Gasteiger partial charge on any atom is 0.244 e. The van der Waals surface area contributed by atoms with Gasteiger partial charge in [-0.3, -0.25) is 9.59 Å². The van der Waals surface area contributed by atoms with Crippen molar-refractivity contribution in [2.24, 2.45) is 0 Å². The molecule has 0 bridgehead atoms. The van der Waals surface area contributed by atoms with E-state index in [4.69, 9.17) is 11.6 Å². The van der Waals surface area contributed by atoms with E-state index in [2.05, 4.69) is 31.2 Å². The summed E-state index contributed by atoms with van der Waals surface area (Å²) in [7, 11) is 0. The lowest BCUT2D eigenvalue weighted by Crippen LogP contribution is -2.28. The van der Waals surface area contributed by atoms with Crippen molar-refractivity contribution in [1.29, 1.82) is 0 Å². The molecule has 0 aliphatic heterocycles. The third-order valence-corrected chi connectivity index (χ3v) is 5.46. The quantitative estimate of drug-likeness (QED) is 0.160. The molecule has 2 amide bonds. The number of allylic oxidation sites excluding steroid dienone is 2. The highest BCUT2D eigenvalue weighted by Gasteiger charge is 2.12. The normalized spacial score (nSPS) is 11.0. The van der Waals surface area contributed by atoms with Gasteiger partial charge in [0.1, 0.15) is 11.6 Å². The minimum Gasteiger partial charge on any atom is -0.368 e. The Labute approximate surface area is 222 Å². The van der Waals surface area contributed by atoms with Crippen LogP contribution in [0.5, 0.6) is 0 Å². The van der Waals surface area contributed by atoms with E-state index in [0.29, 0.717) is 48.7 Å². The molecule has 192 valence electrons. The van der Waals surface area contributed by atoms with Gasteiger partial charge in [-0.15, -0.1) is 0 Å². The molecule has 9 heteroatoms. The second-order valence-corrected chi connectivity index (χ2v) is 8.57. The largest absolute Gasteiger partial charge is 0.368 e. The molecular weight excluding hydrogens is 488 g/mol. The topological polar surface area (TPSA) is 108 Å². The van der Waals surface area contributed by atoms with Gasteiger partial charge in [-0.05, 0) is 36.8 Å². The van der Waals surface area contributed by atoms with Gasteiger partial charge in [0.05, 0.1) is 0 Å². The van der Waals surface area contributed by atoms with Crippen LogP contribution in [0.3, 0.4) is 0 Å². The maximum absolute atomic E-state index is 12.1. The van der Waals surface area contributed by atoms with Crippen molar-refractivity contribution >= 4 is 41.1 Å². The molecule has 0 radical (unpaired) electrons. The SMILES string of the molecule is CC(=O)NCCNc1nc(-c2ccc(Cl)cc2)nc(NCCNC(=O)C=CC=Cc2ccccc2)c1C. The van der Waals surface area contributed by atoms with Crippen molar-refractivity contribution < 1.29 is 9.59 Å². The summed E-state index contributed by atoms with van der Waals surface area (Å²) in [5.74, 6) is 1.57. The van der Waals surface area contributed by atoms with Crippen LogP contribution in [0.25, 0.3) is 17.5 Å². The Morgan fingerprint density at radius 1 is 0.838 bits per heavy atom. The van der Waals surface area contributed by atoms with Gasteiger partial charge in [0, 0.05) is 55.3 Å². The van der Waals surface area contributed by atoms with E-state index in [9.17, 15) is 9.59 Å². The molecular formula is C28H31ClN6O2. The first-order valence-electron chi connectivity index (χ1n) is 12.0. The predicted molar refractivity (Wildman–Crippen MR) is 151 cm³/mol. The van der Waals surface area contributed by atoms with Crippen LogP contribution < -0.4 is 21.3 Å². The number of carbonyl (C=O) groups is 2. The molecule has 0 saturated heterocycles. The fraction of sp³-hybridized carbons (Fsp3) is 0.214. The van der Waals surface area contributed by atoms with Gasteiger partial charge in [0.2, 0.25) is 11.8 Å². The van der Waals surface area contributed by atoms with Crippen LogP contribution >= 0.6 is 11.6 Å². The van der Waals surface area contributed by atoms with Gasteiger partial charge < -0.3 is 21.3 Å². The molecule has 0 aliphatic carbocycles. The molecule has 2 aromatic carbocycles. The molecule has 0 spiro atoms. The van der Waals surface area contributed by atoms with Crippen molar-refractivity contribution in [2.45, 2.75) is 13.8 Å². The molecule has 1 aromatic heterocycles. The first-order chi connectivity index (χ1) is 17.9. The van der Waals surface area contributed by atoms with Gasteiger partial charge >= 0.3 is 0 Å². The first-order valence-corrected chi connectivity index (χ1v) is 12.3. The number of anilines is 2. The Hall–Kier alpha value is -4.17. The number of nitrogens with zero attached hydrogens (tertiary/aromatic N) is 2. The van der Waals surface area contributed by atoms with E-state index in [1.54, 1.807) is 18.2 Å². The lowest BCUT2D eigenvalue weighted by molar-refractivity contribution is -0.119. The molecule has 8 nitrogen and oxygen atoms in total. The highest BCUT2D eigenvalue weighted by atomic mass is 35.5. The zero-order valence-electron chi connectivity index (χ0n) is 20.9. The summed E-state index contributed by atoms with van der Waals surface area (Å²) >= 11 is 6.03. The fourth-order valence-electron chi connectivity index (χ4n) is 3.31. The number of hydrogen-bond donors (Lipinski definition) is 4. The fourth-order valence-corrected chi connectivity index (χ4v) is 3.43. The number of amides is 2. The molecule has 37 heavy (non-hydrogen) atoms. The van der Waals surface area contributed by atoms with E-state index < -0.39 is 0 Å². The monoisotopic (exact) mass is 518 g/mol. The molecule has 0 fully saturated rings. The van der Waals surface area contributed by atoms with Gasteiger partial charge in [-0.1, -0.05) is 60.2 Å². The second-order valence-electron chi connectivity index (χ2n) is 8.13. The van der Waals surface area contributed by atoms with Crippen LogP contribution in [0, 0.1) is 6.92 Å². The van der Waals surface area contributed by atoms with Gasteiger partial charge in [0.25, 0.3) is 0 Å². The van der Waals surface area contributed by atoms with Crippen molar-refractivity contribution in [3.8, 4) is 11.4 Å². The van der Waals surface area contributed by atoms with Crippen LogP contribution in [0.1, 0.15) is 18.1 Å². The highest BCUT2D eigenvalue weighted by Crippen LogP contribution is 2.26. The van der Waals surface area contributed by atoms with Crippen molar-refractivity contribution in [3.63, 3.8) is 0 Å². The molecule has 0 aliphatic rings. The molecule has 4 N–H and O–H groups in total. The lowest BCUT2D eigenvalue weighted by Gasteiger charge is -2.16. The summed E-state index contributed by atoms with van der Waals surface area (Å²) in [6.45, 7) is 5.26. The summed E-state index contributed by atoms with van der Waals surface area (Å²) in [5, 5.41) is 12.8. The number of nitrogens with one attached hydrogen (secondary N) is 4. The first kappa shape index (κ1) is 27.4. The lowest BCUT2D eigenvalue weighted by atomic mass is 10.2. The maximum atomic E-state index is 12.1. The number of aromatic nitrogens is 2. The minimum absolute atomic E-state index is 0.0884. The number of rotatable bonds is 12. The van der Waals surface area contributed by atoms with Gasteiger partial charge in [-0.25, -0.2) is 9.97 Å². The number of halogens is 1. The average molecular weight is 519 g/mol. The summed E-state index contributed by atoms with van der Waals surface area (Å²) < 4.78 is 0. The Bertz CT molecular complexity index is 1240.